The molecule has 1 atom stereocenters. The van der Waals surface area contributed by atoms with Gasteiger partial charge in [0.15, 0.2) is 0 Å². The molecule has 0 aromatic heterocycles. The molecule has 2 aromatic carbocycles. The predicted molar refractivity (Wildman–Crippen MR) is 103 cm³/mol. The highest BCUT2D eigenvalue weighted by molar-refractivity contribution is 6.42. The molecule has 1 heterocycles. The average molecular weight is 377 g/mol. The Morgan fingerprint density at radius 3 is 2.40 bits per heavy atom. The molecule has 1 saturated heterocycles. The van der Waals surface area contributed by atoms with Gasteiger partial charge in [0.1, 0.15) is 6.17 Å². The van der Waals surface area contributed by atoms with Crippen molar-refractivity contribution in [3.05, 3.63) is 69.7 Å². The zero-order valence-electron chi connectivity index (χ0n) is 14.3. The first-order chi connectivity index (χ1) is 12.1. The van der Waals surface area contributed by atoms with Crippen LogP contribution >= 0.6 is 23.2 Å². The summed E-state index contributed by atoms with van der Waals surface area (Å²) in [6, 6.07) is 15.6. The summed E-state index contributed by atoms with van der Waals surface area (Å²) in [5, 5.41) is 0.985. The molecule has 0 unspecified atom stereocenters. The topological polar surface area (TPSA) is 23.6 Å². The highest BCUT2D eigenvalue weighted by Gasteiger charge is 2.29. The first-order valence-electron chi connectivity index (χ1n) is 8.55. The van der Waals surface area contributed by atoms with Crippen LogP contribution in [0.2, 0.25) is 10.0 Å². The minimum absolute atomic E-state index is 0.0287. The molecule has 0 saturated carbocycles. The highest BCUT2D eigenvalue weighted by atomic mass is 35.5. The van der Waals surface area contributed by atoms with E-state index in [2.05, 4.69) is 17.0 Å². The number of amides is 1. The zero-order valence-corrected chi connectivity index (χ0v) is 15.8. The lowest BCUT2D eigenvalue weighted by Gasteiger charge is -2.36. The summed E-state index contributed by atoms with van der Waals surface area (Å²) >= 11 is 12.0. The number of hydrogen-bond donors (Lipinski definition) is 0. The van der Waals surface area contributed by atoms with E-state index >= 15 is 0 Å². The molecule has 1 amide bonds. The molecule has 0 aliphatic carbocycles. The molecule has 2 aromatic rings. The molecule has 1 aliphatic heterocycles. The molecule has 1 fully saturated rings. The summed E-state index contributed by atoms with van der Waals surface area (Å²) in [6.07, 6.45) is 2.64. The second-order valence-electron chi connectivity index (χ2n) is 6.46. The Labute approximate surface area is 159 Å². The van der Waals surface area contributed by atoms with Gasteiger partial charge in [-0.3, -0.25) is 9.69 Å². The largest absolute Gasteiger partial charge is 0.325 e. The van der Waals surface area contributed by atoms with E-state index in [9.17, 15) is 4.79 Å². The molecule has 0 radical (unpaired) electrons. The van der Waals surface area contributed by atoms with Gasteiger partial charge in [0.2, 0.25) is 5.91 Å². The van der Waals surface area contributed by atoms with Crippen LogP contribution in [-0.4, -0.2) is 35.8 Å². The van der Waals surface area contributed by atoms with E-state index in [1.807, 2.05) is 36.2 Å². The van der Waals surface area contributed by atoms with Crippen molar-refractivity contribution in [1.82, 2.24) is 9.80 Å². The summed E-state index contributed by atoms with van der Waals surface area (Å²) in [4.78, 5) is 17.1. The minimum atomic E-state index is -0.0287. The number of halogens is 2. The van der Waals surface area contributed by atoms with Crippen molar-refractivity contribution in [2.45, 2.75) is 25.4 Å². The number of rotatable bonds is 5. The third-order valence-corrected chi connectivity index (χ3v) is 5.42. The zero-order chi connectivity index (χ0) is 17.8. The lowest BCUT2D eigenvalue weighted by Crippen LogP contribution is -2.42. The van der Waals surface area contributed by atoms with Gasteiger partial charge >= 0.3 is 0 Å². The molecule has 132 valence electrons. The normalized spacial score (nSPS) is 16.0. The van der Waals surface area contributed by atoms with E-state index in [-0.39, 0.29) is 12.1 Å². The van der Waals surface area contributed by atoms with Crippen LogP contribution < -0.4 is 0 Å². The molecule has 0 bridgehead atoms. The Hall–Kier alpha value is -1.55. The summed E-state index contributed by atoms with van der Waals surface area (Å²) in [5.41, 5.74) is 2.02. The second kappa shape index (κ2) is 8.22. The molecule has 0 spiro atoms. The lowest BCUT2D eigenvalue weighted by atomic mass is 10.1. The molecule has 5 heteroatoms. The third-order valence-electron chi connectivity index (χ3n) is 4.68. The van der Waals surface area contributed by atoms with Gasteiger partial charge in [0, 0.05) is 20.1 Å². The Bertz CT molecular complexity index is 730. The van der Waals surface area contributed by atoms with Crippen LogP contribution in [0.4, 0.5) is 0 Å². The number of likely N-dealkylation sites (tertiary alicyclic amines) is 1. The van der Waals surface area contributed by atoms with E-state index in [1.165, 1.54) is 12.8 Å². The van der Waals surface area contributed by atoms with Gasteiger partial charge < -0.3 is 4.90 Å². The van der Waals surface area contributed by atoms with Gasteiger partial charge in [-0.2, -0.15) is 0 Å². The van der Waals surface area contributed by atoms with Crippen molar-refractivity contribution >= 4 is 29.1 Å². The Morgan fingerprint density at radius 2 is 1.76 bits per heavy atom. The van der Waals surface area contributed by atoms with E-state index in [4.69, 9.17) is 23.2 Å². The highest BCUT2D eigenvalue weighted by Crippen LogP contribution is 2.29. The molecule has 3 nitrogen and oxygen atoms in total. The first kappa shape index (κ1) is 18.2. The molecule has 0 N–H and O–H groups in total. The number of carbonyl (C=O) groups is 1. The number of hydrogen-bond acceptors (Lipinski definition) is 2. The summed E-state index contributed by atoms with van der Waals surface area (Å²) in [7, 11) is 1.88. The van der Waals surface area contributed by atoms with Crippen molar-refractivity contribution < 1.29 is 4.79 Å². The van der Waals surface area contributed by atoms with Gasteiger partial charge in [-0.25, -0.2) is 0 Å². The van der Waals surface area contributed by atoms with Crippen molar-refractivity contribution in [2.24, 2.45) is 0 Å². The summed E-state index contributed by atoms with van der Waals surface area (Å²) < 4.78 is 0. The molecular formula is C20H22Cl2N2O. The lowest BCUT2D eigenvalue weighted by molar-refractivity contribution is -0.135. The molecule has 1 aliphatic rings. The fourth-order valence-electron chi connectivity index (χ4n) is 3.38. The van der Waals surface area contributed by atoms with Gasteiger partial charge in [0.25, 0.3) is 0 Å². The average Bonchev–Trinajstić information content (AvgIpc) is 3.13. The third kappa shape index (κ3) is 4.35. The molecule has 25 heavy (non-hydrogen) atoms. The Balaban J connectivity index is 1.80. The number of carbonyl (C=O) groups excluding carboxylic acids is 1. The van der Waals surface area contributed by atoms with Gasteiger partial charge in [-0.15, -0.1) is 0 Å². The van der Waals surface area contributed by atoms with Crippen LogP contribution in [0, 0.1) is 0 Å². The Morgan fingerprint density at radius 1 is 1.08 bits per heavy atom. The van der Waals surface area contributed by atoms with Crippen LogP contribution in [0.5, 0.6) is 0 Å². The van der Waals surface area contributed by atoms with Crippen LogP contribution in [0.3, 0.4) is 0 Å². The maximum absolute atomic E-state index is 12.9. The maximum atomic E-state index is 12.9. The van der Waals surface area contributed by atoms with Crippen molar-refractivity contribution in [1.29, 1.82) is 0 Å². The van der Waals surface area contributed by atoms with E-state index in [0.717, 1.165) is 24.2 Å². The maximum Gasteiger partial charge on any atom is 0.228 e. The SMILES string of the molecule is CN(C(=O)Cc1ccc(Cl)c(Cl)c1)[C@@H](c1ccccc1)N1CCCC1. The van der Waals surface area contributed by atoms with Gasteiger partial charge in [0.05, 0.1) is 16.5 Å². The Kier molecular flexibility index (Phi) is 6.00. The summed E-state index contributed by atoms with van der Waals surface area (Å²) in [5.74, 6) is 0.0687. The van der Waals surface area contributed by atoms with E-state index < -0.39 is 0 Å². The van der Waals surface area contributed by atoms with Crippen molar-refractivity contribution in [2.75, 3.05) is 20.1 Å². The van der Waals surface area contributed by atoms with Gasteiger partial charge in [-0.05, 0) is 36.1 Å². The van der Waals surface area contributed by atoms with Crippen LogP contribution in [0.1, 0.15) is 30.1 Å². The standard InChI is InChI=1S/C20H22Cl2N2O/c1-23(19(25)14-15-9-10-17(21)18(22)13-15)20(24-11-5-6-12-24)16-7-3-2-4-8-16/h2-4,7-10,13,20H,5-6,11-12,14H2,1H3/t20-/m1/s1. The van der Waals surface area contributed by atoms with Crippen molar-refractivity contribution in [3.8, 4) is 0 Å². The number of benzene rings is 2. The predicted octanol–water partition coefficient (Wildman–Crippen LogP) is 4.79. The van der Waals surface area contributed by atoms with Crippen molar-refractivity contribution in [3.63, 3.8) is 0 Å². The van der Waals surface area contributed by atoms with Crippen LogP contribution in [0.25, 0.3) is 0 Å². The fourth-order valence-corrected chi connectivity index (χ4v) is 3.70. The molecule has 3 rings (SSSR count). The molecular weight excluding hydrogens is 355 g/mol. The smallest absolute Gasteiger partial charge is 0.228 e. The van der Waals surface area contributed by atoms with Crippen LogP contribution in [0.15, 0.2) is 48.5 Å². The van der Waals surface area contributed by atoms with E-state index in [0.29, 0.717) is 16.5 Å². The fraction of sp³-hybridized carbons (Fsp3) is 0.350. The quantitative estimate of drug-likeness (QED) is 0.748. The number of likely N-dealkylation sites (N-methyl/N-ethyl adjacent to an activating group) is 1. The second-order valence-corrected chi connectivity index (χ2v) is 7.27. The number of nitrogens with zero attached hydrogens (tertiary/aromatic N) is 2. The van der Waals surface area contributed by atoms with Gasteiger partial charge in [-0.1, -0.05) is 59.6 Å². The van der Waals surface area contributed by atoms with E-state index in [1.54, 1.807) is 12.1 Å². The first-order valence-corrected chi connectivity index (χ1v) is 9.30. The van der Waals surface area contributed by atoms with Crippen LogP contribution in [-0.2, 0) is 11.2 Å². The monoisotopic (exact) mass is 376 g/mol. The minimum Gasteiger partial charge on any atom is -0.325 e. The summed E-state index contributed by atoms with van der Waals surface area (Å²) in [6.45, 7) is 2.04.